The summed E-state index contributed by atoms with van der Waals surface area (Å²) < 4.78 is 7.47. The molecule has 1 saturated heterocycles. The molecule has 0 aliphatic carbocycles. The lowest BCUT2D eigenvalue weighted by Crippen LogP contribution is -2.34. The van der Waals surface area contributed by atoms with Crippen molar-refractivity contribution in [3.63, 3.8) is 0 Å². The average molecular weight is 446 g/mol. The van der Waals surface area contributed by atoms with Crippen LogP contribution in [-0.4, -0.2) is 35.7 Å². The molecule has 164 valence electrons. The lowest BCUT2D eigenvalue weighted by molar-refractivity contribution is 0.0603. The fourth-order valence-corrected chi connectivity index (χ4v) is 5.50. The highest BCUT2D eigenvalue weighted by atomic mass is 32.1. The smallest absolute Gasteiger partial charge is 0.338 e. The molecule has 1 fully saturated rings. The van der Waals surface area contributed by atoms with Crippen LogP contribution in [0.3, 0.4) is 0 Å². The van der Waals surface area contributed by atoms with Gasteiger partial charge in [-0.05, 0) is 79.4 Å². The molecule has 4 heterocycles. The minimum atomic E-state index is -0.316. The molecule has 32 heavy (non-hydrogen) atoms. The van der Waals surface area contributed by atoms with E-state index >= 15 is 0 Å². The standard InChI is InChI=1S/C26H27N3O2S/c1-17(18-5-4-9-27-12-18)29-15-23(25-22(26(30)31-2)6-3-7-24(25)29)21-11-20(13-28-14-21)19-8-10-32-16-19/h3,6-8,10-11,13-18,27H,4-5,9,12H2,1-2H3. The molecule has 6 heteroatoms. The van der Waals surface area contributed by atoms with Gasteiger partial charge in [-0.25, -0.2) is 4.79 Å². The third-order valence-corrected chi connectivity index (χ3v) is 7.31. The summed E-state index contributed by atoms with van der Waals surface area (Å²) in [5.41, 5.74) is 5.90. The van der Waals surface area contributed by atoms with Gasteiger partial charge in [-0.1, -0.05) is 6.07 Å². The van der Waals surface area contributed by atoms with E-state index in [2.05, 4.69) is 56.9 Å². The van der Waals surface area contributed by atoms with E-state index in [1.807, 2.05) is 24.5 Å². The molecule has 1 aromatic carbocycles. The van der Waals surface area contributed by atoms with E-state index in [1.165, 1.54) is 20.0 Å². The number of carbonyl (C=O) groups excluding carboxylic acids is 1. The summed E-state index contributed by atoms with van der Waals surface area (Å²) in [5, 5.41) is 8.67. The molecule has 5 nitrogen and oxygen atoms in total. The number of carbonyl (C=O) groups is 1. The van der Waals surface area contributed by atoms with Gasteiger partial charge in [0.1, 0.15) is 0 Å². The SMILES string of the molecule is COC(=O)c1cccc2c1c(-c1cncc(-c3ccsc3)c1)cn2C(C)C1CCCNC1. The summed E-state index contributed by atoms with van der Waals surface area (Å²) in [6.45, 7) is 4.39. The number of ether oxygens (including phenoxy) is 1. The number of methoxy groups -OCH3 is 1. The number of piperidine rings is 1. The molecular formula is C26H27N3O2S. The van der Waals surface area contributed by atoms with Crippen LogP contribution in [-0.2, 0) is 4.74 Å². The number of benzene rings is 1. The fourth-order valence-electron chi connectivity index (χ4n) is 4.84. The second kappa shape index (κ2) is 8.88. The summed E-state index contributed by atoms with van der Waals surface area (Å²) in [5.74, 6) is 0.229. The molecular weight excluding hydrogens is 418 g/mol. The minimum absolute atomic E-state index is 0.306. The lowest BCUT2D eigenvalue weighted by Gasteiger charge is -2.30. The highest BCUT2D eigenvalue weighted by molar-refractivity contribution is 7.08. The number of fused-ring (bicyclic) bond motifs is 1. The van der Waals surface area contributed by atoms with Crippen LogP contribution in [0.1, 0.15) is 36.2 Å². The molecule has 0 bridgehead atoms. The molecule has 0 amide bonds. The van der Waals surface area contributed by atoms with E-state index in [0.29, 0.717) is 17.5 Å². The molecule has 1 aliphatic heterocycles. The first-order chi connectivity index (χ1) is 15.7. The maximum Gasteiger partial charge on any atom is 0.338 e. The van der Waals surface area contributed by atoms with Crippen molar-refractivity contribution in [1.82, 2.24) is 14.9 Å². The van der Waals surface area contributed by atoms with Gasteiger partial charge in [0.25, 0.3) is 0 Å². The molecule has 1 N–H and O–H groups in total. The zero-order valence-corrected chi connectivity index (χ0v) is 19.2. The van der Waals surface area contributed by atoms with Gasteiger partial charge in [0.2, 0.25) is 0 Å². The van der Waals surface area contributed by atoms with Gasteiger partial charge in [0.05, 0.1) is 12.7 Å². The highest BCUT2D eigenvalue weighted by Crippen LogP contribution is 2.38. The Bertz CT molecular complexity index is 1240. The van der Waals surface area contributed by atoms with Crippen molar-refractivity contribution >= 4 is 28.2 Å². The summed E-state index contributed by atoms with van der Waals surface area (Å²) in [7, 11) is 1.44. The zero-order valence-electron chi connectivity index (χ0n) is 18.4. The van der Waals surface area contributed by atoms with Crippen LogP contribution in [0.4, 0.5) is 0 Å². The predicted molar refractivity (Wildman–Crippen MR) is 130 cm³/mol. The van der Waals surface area contributed by atoms with E-state index in [1.54, 1.807) is 11.3 Å². The Morgan fingerprint density at radius 2 is 2.12 bits per heavy atom. The maximum atomic E-state index is 12.7. The second-order valence-electron chi connectivity index (χ2n) is 8.46. The van der Waals surface area contributed by atoms with Gasteiger partial charge >= 0.3 is 5.97 Å². The van der Waals surface area contributed by atoms with Crippen molar-refractivity contribution < 1.29 is 9.53 Å². The van der Waals surface area contributed by atoms with Gasteiger partial charge in [-0.3, -0.25) is 4.98 Å². The molecule has 2 atom stereocenters. The summed E-state index contributed by atoms with van der Waals surface area (Å²) >= 11 is 1.67. The summed E-state index contributed by atoms with van der Waals surface area (Å²) in [6, 6.07) is 10.5. The number of rotatable bonds is 5. The van der Waals surface area contributed by atoms with Crippen LogP contribution in [0.2, 0.25) is 0 Å². The molecule has 0 radical (unpaired) electrons. The number of nitrogens with one attached hydrogen (secondary N) is 1. The van der Waals surface area contributed by atoms with Gasteiger partial charge in [0, 0.05) is 52.2 Å². The third kappa shape index (κ3) is 3.74. The van der Waals surface area contributed by atoms with Gasteiger partial charge in [0.15, 0.2) is 0 Å². The monoisotopic (exact) mass is 445 g/mol. The van der Waals surface area contributed by atoms with Crippen molar-refractivity contribution in [2.24, 2.45) is 5.92 Å². The average Bonchev–Trinajstić information content (AvgIpc) is 3.52. The van der Waals surface area contributed by atoms with Crippen molar-refractivity contribution in [1.29, 1.82) is 0 Å². The Morgan fingerprint density at radius 3 is 2.88 bits per heavy atom. The van der Waals surface area contributed by atoms with Gasteiger partial charge in [-0.2, -0.15) is 11.3 Å². The molecule has 0 spiro atoms. The van der Waals surface area contributed by atoms with Crippen LogP contribution >= 0.6 is 11.3 Å². The van der Waals surface area contributed by atoms with Crippen molar-refractivity contribution in [2.75, 3.05) is 20.2 Å². The van der Waals surface area contributed by atoms with Crippen LogP contribution in [0, 0.1) is 5.92 Å². The Labute approximate surface area is 192 Å². The number of pyridine rings is 1. The second-order valence-corrected chi connectivity index (χ2v) is 9.24. The number of thiophene rings is 1. The Balaban J connectivity index is 1.70. The highest BCUT2D eigenvalue weighted by Gasteiger charge is 2.25. The van der Waals surface area contributed by atoms with Gasteiger partial charge in [-0.15, -0.1) is 0 Å². The molecule has 5 rings (SSSR count). The minimum Gasteiger partial charge on any atom is -0.465 e. The maximum absolute atomic E-state index is 12.7. The number of esters is 1. The van der Waals surface area contributed by atoms with Crippen molar-refractivity contribution in [3.8, 4) is 22.3 Å². The fraction of sp³-hybridized carbons (Fsp3) is 0.308. The Hall–Kier alpha value is -2.96. The first-order valence-electron chi connectivity index (χ1n) is 11.1. The van der Waals surface area contributed by atoms with Crippen molar-refractivity contribution in [3.05, 3.63) is 65.2 Å². The Kier molecular flexibility index (Phi) is 5.81. The predicted octanol–water partition coefficient (Wildman–Crippen LogP) is 5.78. The van der Waals surface area contributed by atoms with E-state index in [4.69, 9.17) is 4.74 Å². The Morgan fingerprint density at radius 1 is 1.25 bits per heavy atom. The molecule has 2 unspecified atom stereocenters. The first-order valence-corrected chi connectivity index (χ1v) is 12.0. The van der Waals surface area contributed by atoms with Crippen LogP contribution in [0.15, 0.2) is 59.7 Å². The van der Waals surface area contributed by atoms with E-state index in [0.717, 1.165) is 46.2 Å². The molecule has 0 saturated carbocycles. The number of aromatic nitrogens is 2. The largest absolute Gasteiger partial charge is 0.465 e. The molecule has 4 aromatic rings. The summed E-state index contributed by atoms with van der Waals surface area (Å²) in [4.78, 5) is 17.2. The zero-order chi connectivity index (χ0) is 22.1. The van der Waals surface area contributed by atoms with E-state index < -0.39 is 0 Å². The number of nitrogens with zero attached hydrogens (tertiary/aromatic N) is 2. The van der Waals surface area contributed by atoms with Crippen LogP contribution in [0.25, 0.3) is 33.2 Å². The lowest BCUT2D eigenvalue weighted by atomic mass is 9.92. The van der Waals surface area contributed by atoms with E-state index in [-0.39, 0.29) is 5.97 Å². The van der Waals surface area contributed by atoms with Crippen molar-refractivity contribution in [2.45, 2.75) is 25.8 Å². The molecule has 1 aliphatic rings. The van der Waals surface area contributed by atoms with Crippen LogP contribution < -0.4 is 5.32 Å². The number of hydrogen-bond donors (Lipinski definition) is 1. The van der Waals surface area contributed by atoms with Gasteiger partial charge < -0.3 is 14.6 Å². The quantitative estimate of drug-likeness (QED) is 0.396. The molecule has 3 aromatic heterocycles. The van der Waals surface area contributed by atoms with Crippen LogP contribution in [0.5, 0.6) is 0 Å². The normalized spacial score (nSPS) is 17.4. The first kappa shape index (κ1) is 20.9. The summed E-state index contributed by atoms with van der Waals surface area (Å²) in [6.07, 6.45) is 8.37. The van der Waals surface area contributed by atoms with E-state index in [9.17, 15) is 4.79 Å². The number of hydrogen-bond acceptors (Lipinski definition) is 5. The third-order valence-electron chi connectivity index (χ3n) is 6.62. The topological polar surface area (TPSA) is 56.1 Å².